The average molecular weight is 348 g/mol. The smallest absolute Gasteiger partial charge is 0.325 e. The molecular formula is C17H22ClN5O. The molecule has 0 bridgehead atoms. The van der Waals surface area contributed by atoms with Crippen LogP contribution in [0.5, 0.6) is 0 Å². The van der Waals surface area contributed by atoms with Crippen LogP contribution < -0.4 is 0 Å². The van der Waals surface area contributed by atoms with Gasteiger partial charge in [0.05, 0.1) is 17.3 Å². The van der Waals surface area contributed by atoms with E-state index in [1.807, 2.05) is 31.2 Å². The third-order valence-electron chi connectivity index (χ3n) is 3.97. The number of nitrogens with zero attached hydrogens (tertiary/aromatic N) is 5. The number of likely N-dealkylation sites (N-methyl/N-ethyl adjacent to an activating group) is 2. The predicted molar refractivity (Wildman–Crippen MR) is 95.3 cm³/mol. The van der Waals surface area contributed by atoms with E-state index in [9.17, 15) is 0 Å². The quantitative estimate of drug-likeness (QED) is 0.686. The van der Waals surface area contributed by atoms with Crippen LogP contribution in [0.25, 0.3) is 17.2 Å². The van der Waals surface area contributed by atoms with Crippen molar-refractivity contribution < 1.29 is 4.42 Å². The normalized spacial score (nSPS) is 12.0. The summed E-state index contributed by atoms with van der Waals surface area (Å²) in [6, 6.07) is 7.54. The zero-order chi connectivity index (χ0) is 17.3. The van der Waals surface area contributed by atoms with E-state index in [0.717, 1.165) is 36.7 Å². The van der Waals surface area contributed by atoms with E-state index in [2.05, 4.69) is 41.0 Å². The Kier molecular flexibility index (Phi) is 4.89. The third-order valence-corrected chi connectivity index (χ3v) is 4.30. The van der Waals surface area contributed by atoms with Crippen molar-refractivity contribution in [1.29, 1.82) is 0 Å². The van der Waals surface area contributed by atoms with Crippen LogP contribution in [0.2, 0.25) is 5.02 Å². The molecule has 0 radical (unpaired) electrons. The lowest BCUT2D eigenvalue weighted by atomic mass is 10.2. The molecule has 3 aromatic rings. The van der Waals surface area contributed by atoms with Crippen molar-refractivity contribution in [3.63, 3.8) is 0 Å². The Morgan fingerprint density at radius 3 is 2.58 bits per heavy atom. The first kappa shape index (κ1) is 17.0. The molecule has 128 valence electrons. The van der Waals surface area contributed by atoms with Gasteiger partial charge >= 0.3 is 5.84 Å². The SMILES string of the molecule is Cc1c(CN(C)CCN(C)C)oc2nc(-c3ccccc3Cl)nn12. The molecule has 7 heteroatoms. The van der Waals surface area contributed by atoms with E-state index in [0.29, 0.717) is 16.7 Å². The van der Waals surface area contributed by atoms with Gasteiger partial charge < -0.3 is 9.32 Å². The monoisotopic (exact) mass is 347 g/mol. The van der Waals surface area contributed by atoms with Gasteiger partial charge in [-0.2, -0.15) is 9.50 Å². The summed E-state index contributed by atoms with van der Waals surface area (Å²) in [5.41, 5.74) is 1.77. The number of fused-ring (bicyclic) bond motifs is 1. The molecule has 24 heavy (non-hydrogen) atoms. The molecular weight excluding hydrogens is 326 g/mol. The van der Waals surface area contributed by atoms with Crippen molar-refractivity contribution in [3.8, 4) is 11.4 Å². The lowest BCUT2D eigenvalue weighted by molar-refractivity contribution is 0.259. The van der Waals surface area contributed by atoms with Crippen LogP contribution in [0.15, 0.2) is 28.7 Å². The maximum absolute atomic E-state index is 6.22. The van der Waals surface area contributed by atoms with E-state index in [4.69, 9.17) is 16.0 Å². The molecule has 0 saturated heterocycles. The first-order valence-corrected chi connectivity index (χ1v) is 8.26. The summed E-state index contributed by atoms with van der Waals surface area (Å²) >= 11 is 6.22. The second-order valence-corrected chi connectivity index (χ2v) is 6.67. The number of rotatable bonds is 6. The topological polar surface area (TPSA) is 49.8 Å². The summed E-state index contributed by atoms with van der Waals surface area (Å²) in [5.74, 6) is 1.96. The van der Waals surface area contributed by atoms with Crippen LogP contribution in [-0.4, -0.2) is 58.6 Å². The molecule has 0 amide bonds. The Morgan fingerprint density at radius 1 is 1.17 bits per heavy atom. The predicted octanol–water partition coefficient (Wildman–Crippen LogP) is 2.94. The van der Waals surface area contributed by atoms with E-state index < -0.39 is 0 Å². The number of hydrogen-bond acceptors (Lipinski definition) is 5. The number of oxazole rings is 1. The zero-order valence-corrected chi connectivity index (χ0v) is 15.2. The van der Waals surface area contributed by atoms with Gasteiger partial charge in [0.1, 0.15) is 5.76 Å². The molecule has 0 N–H and O–H groups in total. The Morgan fingerprint density at radius 2 is 1.92 bits per heavy atom. The fraction of sp³-hybridized carbons (Fsp3) is 0.412. The first-order chi connectivity index (χ1) is 11.5. The van der Waals surface area contributed by atoms with E-state index in [1.165, 1.54) is 0 Å². The molecule has 3 rings (SSSR count). The van der Waals surface area contributed by atoms with Crippen molar-refractivity contribution in [2.75, 3.05) is 34.2 Å². The lowest BCUT2D eigenvalue weighted by Gasteiger charge is -2.18. The second kappa shape index (κ2) is 6.93. The van der Waals surface area contributed by atoms with Gasteiger partial charge in [-0.3, -0.25) is 4.90 Å². The number of aromatic nitrogens is 3. The fourth-order valence-electron chi connectivity index (χ4n) is 2.48. The van der Waals surface area contributed by atoms with Gasteiger partial charge in [0.2, 0.25) is 0 Å². The number of halogens is 1. The number of benzene rings is 1. The molecule has 0 spiro atoms. The molecule has 0 unspecified atom stereocenters. The van der Waals surface area contributed by atoms with Crippen LogP contribution in [0.4, 0.5) is 0 Å². The summed E-state index contributed by atoms with van der Waals surface area (Å²) < 4.78 is 7.65. The van der Waals surface area contributed by atoms with Gasteiger partial charge in [-0.1, -0.05) is 23.7 Å². The maximum atomic E-state index is 6.22. The highest BCUT2D eigenvalue weighted by Gasteiger charge is 2.18. The van der Waals surface area contributed by atoms with Crippen molar-refractivity contribution in [2.24, 2.45) is 0 Å². The highest BCUT2D eigenvalue weighted by molar-refractivity contribution is 6.33. The van der Waals surface area contributed by atoms with Gasteiger partial charge in [-0.15, -0.1) is 5.10 Å². The van der Waals surface area contributed by atoms with Crippen molar-refractivity contribution in [3.05, 3.63) is 40.7 Å². The minimum Gasteiger partial charge on any atom is -0.425 e. The van der Waals surface area contributed by atoms with Gasteiger partial charge in [0.25, 0.3) is 0 Å². The fourth-order valence-corrected chi connectivity index (χ4v) is 2.70. The Labute approximate surface area is 146 Å². The van der Waals surface area contributed by atoms with Crippen LogP contribution >= 0.6 is 11.6 Å². The van der Waals surface area contributed by atoms with Crippen molar-refractivity contribution >= 4 is 17.4 Å². The number of hydrogen-bond donors (Lipinski definition) is 0. The number of aryl methyl sites for hydroxylation is 1. The van der Waals surface area contributed by atoms with Crippen LogP contribution in [0.3, 0.4) is 0 Å². The molecule has 2 heterocycles. The molecule has 0 atom stereocenters. The summed E-state index contributed by atoms with van der Waals surface area (Å²) in [6.07, 6.45) is 0. The maximum Gasteiger partial charge on any atom is 0.325 e. The zero-order valence-electron chi connectivity index (χ0n) is 14.5. The largest absolute Gasteiger partial charge is 0.425 e. The second-order valence-electron chi connectivity index (χ2n) is 6.26. The van der Waals surface area contributed by atoms with Crippen LogP contribution in [-0.2, 0) is 6.54 Å². The Balaban J connectivity index is 1.83. The summed E-state index contributed by atoms with van der Waals surface area (Å²) in [5, 5.41) is 5.18. The minimum absolute atomic E-state index is 0.499. The third kappa shape index (κ3) is 3.45. The van der Waals surface area contributed by atoms with Gasteiger partial charge in [0.15, 0.2) is 5.82 Å². The highest BCUT2D eigenvalue weighted by atomic mass is 35.5. The molecule has 2 aromatic heterocycles. The summed E-state index contributed by atoms with van der Waals surface area (Å²) in [7, 11) is 6.22. The first-order valence-electron chi connectivity index (χ1n) is 7.89. The summed E-state index contributed by atoms with van der Waals surface area (Å²) in [4.78, 5) is 8.87. The molecule has 0 saturated carbocycles. The molecule has 0 aliphatic carbocycles. The highest BCUT2D eigenvalue weighted by Crippen LogP contribution is 2.26. The van der Waals surface area contributed by atoms with Crippen LogP contribution in [0, 0.1) is 6.92 Å². The lowest BCUT2D eigenvalue weighted by Crippen LogP contribution is -2.28. The van der Waals surface area contributed by atoms with E-state index in [1.54, 1.807) is 4.52 Å². The molecule has 0 fully saturated rings. The molecule has 0 aliphatic heterocycles. The van der Waals surface area contributed by atoms with Crippen molar-refractivity contribution in [1.82, 2.24) is 24.4 Å². The van der Waals surface area contributed by atoms with E-state index >= 15 is 0 Å². The van der Waals surface area contributed by atoms with Gasteiger partial charge in [0, 0.05) is 18.7 Å². The van der Waals surface area contributed by atoms with Crippen LogP contribution in [0.1, 0.15) is 11.5 Å². The Hall–Kier alpha value is -1.89. The average Bonchev–Trinajstić information content (AvgIpc) is 3.06. The molecule has 0 aliphatic rings. The summed E-state index contributed by atoms with van der Waals surface area (Å²) in [6.45, 7) is 4.69. The van der Waals surface area contributed by atoms with Gasteiger partial charge in [-0.25, -0.2) is 0 Å². The standard InChI is InChI=1S/C17H22ClN5O/c1-12-15(11-22(4)10-9-21(2)3)24-17-19-16(20-23(12)17)13-7-5-6-8-14(13)18/h5-8H,9-11H2,1-4H3. The molecule has 6 nitrogen and oxygen atoms in total. The minimum atomic E-state index is 0.499. The Bertz CT molecular complexity index is 839. The van der Waals surface area contributed by atoms with E-state index in [-0.39, 0.29) is 0 Å². The van der Waals surface area contributed by atoms with Crippen molar-refractivity contribution in [2.45, 2.75) is 13.5 Å². The van der Waals surface area contributed by atoms with Gasteiger partial charge in [-0.05, 0) is 40.2 Å². The molecule has 1 aromatic carbocycles.